The highest BCUT2D eigenvalue weighted by molar-refractivity contribution is 5.36. The molecule has 1 rings (SSSR count). The van der Waals surface area contributed by atoms with Crippen LogP contribution in [0.5, 0.6) is 0 Å². The Morgan fingerprint density at radius 2 is 2.42 bits per heavy atom. The van der Waals surface area contributed by atoms with Crippen molar-refractivity contribution in [2.45, 2.75) is 6.92 Å². The second kappa shape index (κ2) is 6.39. The highest BCUT2D eigenvalue weighted by atomic mass is 19.1. The summed E-state index contributed by atoms with van der Waals surface area (Å²) < 4.78 is 17.7. The van der Waals surface area contributed by atoms with E-state index in [1.165, 1.54) is 12.3 Å². The smallest absolute Gasteiger partial charge is 0.293 e. The van der Waals surface area contributed by atoms with E-state index < -0.39 is 0 Å². The van der Waals surface area contributed by atoms with Crippen LogP contribution in [0.3, 0.4) is 0 Å². The summed E-state index contributed by atoms with van der Waals surface area (Å²) in [5, 5.41) is 0. The van der Waals surface area contributed by atoms with Gasteiger partial charge in [-0.1, -0.05) is 0 Å². The Morgan fingerprint density at radius 3 is 2.50 bits per heavy atom. The standard InChI is InChI=1S/C5H6FN.C3H6O2/c1-7-3-2-5(6)4-7;1-2-5-3-4/h2-4H,1H3;3H,2H2,1H3. The summed E-state index contributed by atoms with van der Waals surface area (Å²) in [6.07, 6.45) is 3.08. The molecule has 0 bridgehead atoms. The number of aromatic nitrogens is 1. The number of carbonyl (C=O) groups is 1. The highest BCUT2D eigenvalue weighted by Gasteiger charge is 1.84. The zero-order chi connectivity index (χ0) is 9.40. The fourth-order valence-corrected chi connectivity index (χ4v) is 0.537. The van der Waals surface area contributed by atoms with Crippen molar-refractivity contribution < 1.29 is 13.9 Å². The largest absolute Gasteiger partial charge is 0.468 e. The van der Waals surface area contributed by atoms with Crippen molar-refractivity contribution in [1.29, 1.82) is 0 Å². The van der Waals surface area contributed by atoms with Gasteiger partial charge in [0.15, 0.2) is 0 Å². The molecule has 0 aromatic carbocycles. The third-order valence-corrected chi connectivity index (χ3v) is 1.03. The summed E-state index contributed by atoms with van der Waals surface area (Å²) in [5.41, 5.74) is 0. The van der Waals surface area contributed by atoms with Crippen molar-refractivity contribution in [1.82, 2.24) is 4.57 Å². The van der Waals surface area contributed by atoms with Gasteiger partial charge in [-0.2, -0.15) is 0 Å². The van der Waals surface area contributed by atoms with Gasteiger partial charge in [-0.3, -0.25) is 4.79 Å². The molecule has 68 valence electrons. The molecule has 4 heteroatoms. The first-order valence-corrected chi connectivity index (χ1v) is 3.53. The van der Waals surface area contributed by atoms with Crippen molar-refractivity contribution in [2.24, 2.45) is 7.05 Å². The summed E-state index contributed by atoms with van der Waals surface area (Å²) in [4.78, 5) is 9.18. The fourth-order valence-electron chi connectivity index (χ4n) is 0.537. The molecular weight excluding hydrogens is 161 g/mol. The first kappa shape index (κ1) is 10.7. The zero-order valence-corrected chi connectivity index (χ0v) is 7.16. The minimum atomic E-state index is -0.178. The van der Waals surface area contributed by atoms with E-state index in [0.717, 1.165) is 0 Å². The number of ether oxygens (including phenoxy) is 1. The Hall–Kier alpha value is -1.32. The normalized spacial score (nSPS) is 8.25. The first-order chi connectivity index (χ1) is 5.70. The van der Waals surface area contributed by atoms with E-state index in [1.807, 2.05) is 0 Å². The molecule has 0 saturated carbocycles. The Labute approximate surface area is 70.8 Å². The van der Waals surface area contributed by atoms with E-state index in [0.29, 0.717) is 13.1 Å². The van der Waals surface area contributed by atoms with Crippen LogP contribution < -0.4 is 0 Å². The summed E-state index contributed by atoms with van der Waals surface area (Å²) in [6.45, 7) is 2.66. The molecule has 3 nitrogen and oxygen atoms in total. The maximum atomic E-state index is 11.9. The Morgan fingerprint density at radius 1 is 1.75 bits per heavy atom. The Kier molecular flexibility index (Phi) is 5.69. The van der Waals surface area contributed by atoms with Crippen molar-refractivity contribution in [3.8, 4) is 0 Å². The van der Waals surface area contributed by atoms with E-state index in [9.17, 15) is 9.18 Å². The topological polar surface area (TPSA) is 31.2 Å². The molecule has 0 N–H and O–H groups in total. The minimum Gasteiger partial charge on any atom is -0.468 e. The molecule has 0 amide bonds. The Balaban J connectivity index is 0.000000217. The van der Waals surface area contributed by atoms with E-state index in [-0.39, 0.29) is 5.82 Å². The van der Waals surface area contributed by atoms with Crippen LogP contribution >= 0.6 is 0 Å². The highest BCUT2D eigenvalue weighted by Crippen LogP contribution is 1.93. The Bertz CT molecular complexity index is 206. The molecule has 0 aliphatic carbocycles. The van der Waals surface area contributed by atoms with Crippen LogP contribution in [0.15, 0.2) is 18.5 Å². The van der Waals surface area contributed by atoms with Gasteiger partial charge in [0, 0.05) is 19.4 Å². The van der Waals surface area contributed by atoms with E-state index >= 15 is 0 Å². The SMILES string of the molecule is CCOC=O.Cn1ccc(F)c1. The predicted molar refractivity (Wildman–Crippen MR) is 43.1 cm³/mol. The molecular formula is C8H12FNO2. The fraction of sp³-hybridized carbons (Fsp3) is 0.375. The lowest BCUT2D eigenvalue weighted by molar-refractivity contribution is -0.128. The maximum Gasteiger partial charge on any atom is 0.293 e. The van der Waals surface area contributed by atoms with Gasteiger partial charge in [0.05, 0.1) is 6.61 Å². The van der Waals surface area contributed by atoms with E-state index in [2.05, 4.69) is 4.74 Å². The molecule has 0 aliphatic heterocycles. The van der Waals surface area contributed by atoms with Crippen LogP contribution in [-0.4, -0.2) is 17.6 Å². The van der Waals surface area contributed by atoms with Crippen molar-refractivity contribution in [2.75, 3.05) is 6.61 Å². The molecule has 0 atom stereocenters. The quantitative estimate of drug-likeness (QED) is 0.632. The summed E-state index contributed by atoms with van der Waals surface area (Å²) >= 11 is 0. The molecule has 0 spiro atoms. The molecule has 1 aromatic heterocycles. The average Bonchev–Trinajstić information content (AvgIpc) is 2.38. The molecule has 0 aliphatic rings. The second-order valence-corrected chi connectivity index (χ2v) is 2.05. The first-order valence-electron chi connectivity index (χ1n) is 3.53. The number of aryl methyl sites for hydroxylation is 1. The van der Waals surface area contributed by atoms with Gasteiger partial charge in [0.25, 0.3) is 6.47 Å². The average molecular weight is 173 g/mol. The molecule has 1 aromatic rings. The minimum absolute atomic E-state index is 0.178. The summed E-state index contributed by atoms with van der Waals surface area (Å²) in [7, 11) is 1.78. The third-order valence-electron chi connectivity index (χ3n) is 1.03. The number of rotatable bonds is 2. The van der Waals surface area contributed by atoms with Gasteiger partial charge in [0.1, 0.15) is 5.82 Å². The number of hydrogen-bond acceptors (Lipinski definition) is 2. The van der Waals surface area contributed by atoms with Crippen LogP contribution in [0.1, 0.15) is 6.92 Å². The van der Waals surface area contributed by atoms with Crippen molar-refractivity contribution >= 4 is 6.47 Å². The second-order valence-electron chi connectivity index (χ2n) is 2.05. The lowest BCUT2D eigenvalue weighted by Crippen LogP contribution is -1.80. The van der Waals surface area contributed by atoms with Crippen LogP contribution in [0.25, 0.3) is 0 Å². The van der Waals surface area contributed by atoms with Gasteiger partial charge >= 0.3 is 0 Å². The predicted octanol–water partition coefficient (Wildman–Crippen LogP) is 1.34. The molecule has 0 saturated heterocycles. The van der Waals surface area contributed by atoms with E-state index in [4.69, 9.17) is 0 Å². The van der Waals surface area contributed by atoms with E-state index in [1.54, 1.807) is 24.7 Å². The van der Waals surface area contributed by atoms with Crippen LogP contribution in [-0.2, 0) is 16.6 Å². The van der Waals surface area contributed by atoms with Crippen molar-refractivity contribution in [3.63, 3.8) is 0 Å². The van der Waals surface area contributed by atoms with Gasteiger partial charge in [-0.25, -0.2) is 4.39 Å². The number of nitrogens with zero attached hydrogens (tertiary/aromatic N) is 1. The number of hydrogen-bond donors (Lipinski definition) is 0. The number of carbonyl (C=O) groups excluding carboxylic acids is 1. The van der Waals surface area contributed by atoms with Crippen LogP contribution in [0.4, 0.5) is 4.39 Å². The molecule has 0 radical (unpaired) electrons. The van der Waals surface area contributed by atoms with Gasteiger partial charge in [0.2, 0.25) is 0 Å². The zero-order valence-electron chi connectivity index (χ0n) is 7.16. The van der Waals surface area contributed by atoms with Gasteiger partial charge < -0.3 is 9.30 Å². The van der Waals surface area contributed by atoms with Gasteiger partial charge in [-0.15, -0.1) is 0 Å². The lowest BCUT2D eigenvalue weighted by atomic mass is 10.6. The molecule has 1 heterocycles. The summed E-state index contributed by atoms with van der Waals surface area (Å²) in [5.74, 6) is -0.178. The van der Waals surface area contributed by atoms with Crippen LogP contribution in [0, 0.1) is 5.82 Å². The maximum absolute atomic E-state index is 11.9. The van der Waals surface area contributed by atoms with Gasteiger partial charge in [-0.05, 0) is 13.0 Å². The number of halogens is 1. The monoisotopic (exact) mass is 173 g/mol. The molecule has 0 fully saturated rings. The summed E-state index contributed by atoms with van der Waals surface area (Å²) in [6, 6.07) is 1.42. The third kappa shape index (κ3) is 5.46. The molecule has 0 unspecified atom stereocenters. The van der Waals surface area contributed by atoms with Crippen LogP contribution in [0.2, 0.25) is 0 Å². The molecule has 12 heavy (non-hydrogen) atoms. The lowest BCUT2D eigenvalue weighted by Gasteiger charge is -1.79. The van der Waals surface area contributed by atoms with Crippen molar-refractivity contribution in [3.05, 3.63) is 24.3 Å².